The molecule has 0 radical (unpaired) electrons. The van der Waals surface area contributed by atoms with Crippen molar-refractivity contribution in [3.63, 3.8) is 0 Å². The van der Waals surface area contributed by atoms with Crippen molar-refractivity contribution in [2.45, 2.75) is 40.2 Å². The van der Waals surface area contributed by atoms with Gasteiger partial charge in [-0.15, -0.1) is 0 Å². The van der Waals surface area contributed by atoms with Gasteiger partial charge in [0.2, 0.25) is 5.78 Å². The molecule has 3 aromatic rings. The Hall–Kier alpha value is -3.86. The summed E-state index contributed by atoms with van der Waals surface area (Å²) in [6.07, 6.45) is 1.46. The fourth-order valence-electron chi connectivity index (χ4n) is 3.41. The molecule has 0 unspecified atom stereocenters. The SMILES string of the molecule is Cc1cc(C)nc(C(=O)c2c(C(C)C)c(=O)[nH]c(=O)n2Cc2ccnc(C#N)c2)c1. The van der Waals surface area contributed by atoms with E-state index < -0.39 is 17.0 Å². The van der Waals surface area contributed by atoms with Crippen LogP contribution in [0.3, 0.4) is 0 Å². The molecule has 152 valence electrons. The zero-order chi connectivity index (χ0) is 22.0. The molecule has 3 heterocycles. The lowest BCUT2D eigenvalue weighted by Gasteiger charge is -2.17. The van der Waals surface area contributed by atoms with E-state index in [1.165, 1.54) is 16.8 Å². The van der Waals surface area contributed by atoms with Crippen LogP contribution >= 0.6 is 0 Å². The lowest BCUT2D eigenvalue weighted by atomic mass is 9.98. The van der Waals surface area contributed by atoms with Gasteiger partial charge in [0.15, 0.2) is 0 Å². The van der Waals surface area contributed by atoms with Gasteiger partial charge in [-0.25, -0.2) is 14.8 Å². The molecule has 0 fully saturated rings. The predicted octanol–water partition coefficient (Wildman–Crippen LogP) is 2.22. The summed E-state index contributed by atoms with van der Waals surface area (Å²) in [6.45, 7) is 7.19. The summed E-state index contributed by atoms with van der Waals surface area (Å²) < 4.78 is 1.23. The molecule has 8 heteroatoms. The second kappa shape index (κ2) is 8.25. The molecule has 0 spiro atoms. The number of hydrogen-bond donors (Lipinski definition) is 1. The van der Waals surface area contributed by atoms with Gasteiger partial charge in [-0.2, -0.15) is 5.26 Å². The number of carbonyl (C=O) groups is 1. The highest BCUT2D eigenvalue weighted by molar-refractivity contribution is 6.07. The van der Waals surface area contributed by atoms with Gasteiger partial charge in [0, 0.05) is 17.5 Å². The summed E-state index contributed by atoms with van der Waals surface area (Å²) in [6, 6.07) is 8.61. The number of pyridine rings is 2. The van der Waals surface area contributed by atoms with Crippen LogP contribution in [0.2, 0.25) is 0 Å². The molecule has 0 saturated heterocycles. The average Bonchev–Trinajstić information content (AvgIpc) is 2.68. The first kappa shape index (κ1) is 20.9. The van der Waals surface area contributed by atoms with Crippen molar-refractivity contribution in [2.75, 3.05) is 0 Å². The Morgan fingerprint density at radius 1 is 1.23 bits per heavy atom. The fraction of sp³-hybridized carbons (Fsp3) is 0.273. The van der Waals surface area contributed by atoms with Gasteiger partial charge in [0.25, 0.3) is 5.56 Å². The van der Waals surface area contributed by atoms with E-state index in [-0.39, 0.29) is 35.1 Å². The van der Waals surface area contributed by atoms with Crippen LogP contribution < -0.4 is 11.2 Å². The molecule has 0 aliphatic rings. The largest absolute Gasteiger partial charge is 0.329 e. The van der Waals surface area contributed by atoms with E-state index in [0.29, 0.717) is 11.3 Å². The number of aromatic amines is 1. The topological polar surface area (TPSA) is 122 Å². The summed E-state index contributed by atoms with van der Waals surface area (Å²) in [5.41, 5.74) is 1.41. The Kier molecular flexibility index (Phi) is 5.74. The number of nitrogens with zero attached hydrogens (tertiary/aromatic N) is 4. The zero-order valence-electron chi connectivity index (χ0n) is 17.2. The number of H-pyrrole nitrogens is 1. The fourth-order valence-corrected chi connectivity index (χ4v) is 3.41. The number of carbonyl (C=O) groups excluding carboxylic acids is 1. The van der Waals surface area contributed by atoms with E-state index in [4.69, 9.17) is 5.26 Å². The molecule has 8 nitrogen and oxygen atoms in total. The van der Waals surface area contributed by atoms with E-state index in [1.54, 1.807) is 32.9 Å². The zero-order valence-corrected chi connectivity index (χ0v) is 17.2. The first-order chi connectivity index (χ1) is 14.2. The van der Waals surface area contributed by atoms with Gasteiger partial charge in [0.1, 0.15) is 23.2 Å². The molecule has 0 saturated carbocycles. The maximum Gasteiger partial charge on any atom is 0.329 e. The Morgan fingerprint density at radius 2 is 1.97 bits per heavy atom. The lowest BCUT2D eigenvalue weighted by Crippen LogP contribution is -2.38. The van der Waals surface area contributed by atoms with Crippen molar-refractivity contribution in [2.24, 2.45) is 0 Å². The van der Waals surface area contributed by atoms with E-state index in [2.05, 4.69) is 15.0 Å². The smallest absolute Gasteiger partial charge is 0.285 e. The molecular formula is C22H21N5O3. The van der Waals surface area contributed by atoms with Crippen LogP contribution in [0.15, 0.2) is 40.1 Å². The third-order valence-electron chi connectivity index (χ3n) is 4.64. The molecule has 0 aromatic carbocycles. The molecule has 30 heavy (non-hydrogen) atoms. The summed E-state index contributed by atoms with van der Waals surface area (Å²) in [5.74, 6) is -0.805. The highest BCUT2D eigenvalue weighted by Gasteiger charge is 2.25. The quantitative estimate of drug-likeness (QED) is 0.652. The van der Waals surface area contributed by atoms with Crippen LogP contribution in [0.1, 0.15) is 64.0 Å². The molecule has 0 amide bonds. The first-order valence-electron chi connectivity index (χ1n) is 9.43. The van der Waals surface area contributed by atoms with Gasteiger partial charge in [-0.05, 0) is 55.2 Å². The van der Waals surface area contributed by atoms with Crippen molar-refractivity contribution in [3.8, 4) is 6.07 Å². The highest BCUT2D eigenvalue weighted by Crippen LogP contribution is 2.19. The summed E-state index contributed by atoms with van der Waals surface area (Å²) >= 11 is 0. The summed E-state index contributed by atoms with van der Waals surface area (Å²) in [5, 5.41) is 9.09. The van der Waals surface area contributed by atoms with Crippen LogP contribution in [0, 0.1) is 25.2 Å². The van der Waals surface area contributed by atoms with Crippen molar-refractivity contribution in [3.05, 3.63) is 90.8 Å². The molecular weight excluding hydrogens is 382 g/mol. The maximum atomic E-state index is 13.5. The number of aryl methyl sites for hydroxylation is 2. The molecule has 1 N–H and O–H groups in total. The number of aromatic nitrogens is 4. The van der Waals surface area contributed by atoms with Crippen LogP contribution in [0.25, 0.3) is 0 Å². The minimum Gasteiger partial charge on any atom is -0.285 e. The summed E-state index contributed by atoms with van der Waals surface area (Å²) in [7, 11) is 0. The van der Waals surface area contributed by atoms with Gasteiger partial charge >= 0.3 is 5.69 Å². The van der Waals surface area contributed by atoms with Crippen molar-refractivity contribution >= 4 is 5.78 Å². The summed E-state index contributed by atoms with van der Waals surface area (Å²) in [4.78, 5) is 49.3. The number of rotatable bonds is 5. The first-order valence-corrected chi connectivity index (χ1v) is 9.43. The molecule has 3 aromatic heterocycles. The Bertz CT molecular complexity index is 1280. The number of hydrogen-bond acceptors (Lipinski definition) is 6. The second-order valence-corrected chi connectivity index (χ2v) is 7.42. The average molecular weight is 403 g/mol. The molecule has 0 aliphatic carbocycles. The van der Waals surface area contributed by atoms with Crippen LogP contribution in [0.4, 0.5) is 0 Å². The van der Waals surface area contributed by atoms with Crippen molar-refractivity contribution in [1.29, 1.82) is 5.26 Å². The van der Waals surface area contributed by atoms with Gasteiger partial charge in [-0.1, -0.05) is 13.8 Å². The standard InChI is InChI=1S/C22H21N5O3/c1-12(2)18-19(20(28)17-8-13(3)7-14(4)25-17)27(22(30)26-21(18)29)11-15-5-6-24-16(9-15)10-23/h5-9,12H,11H2,1-4H3,(H,26,29,30). The maximum absolute atomic E-state index is 13.5. The molecule has 0 bridgehead atoms. The number of ketones is 1. The van der Waals surface area contributed by atoms with Crippen LogP contribution in [-0.4, -0.2) is 25.3 Å². The molecule has 0 aliphatic heterocycles. The normalized spacial score (nSPS) is 10.8. The molecule has 3 rings (SSSR count). The lowest BCUT2D eigenvalue weighted by molar-refractivity contribution is 0.102. The van der Waals surface area contributed by atoms with Gasteiger partial charge in [0.05, 0.1) is 6.54 Å². The van der Waals surface area contributed by atoms with Crippen LogP contribution in [-0.2, 0) is 6.54 Å². The van der Waals surface area contributed by atoms with E-state index in [0.717, 1.165) is 5.56 Å². The minimum atomic E-state index is -0.701. The second-order valence-electron chi connectivity index (χ2n) is 7.42. The van der Waals surface area contributed by atoms with Crippen molar-refractivity contribution < 1.29 is 4.79 Å². The van der Waals surface area contributed by atoms with Gasteiger partial charge in [-0.3, -0.25) is 19.1 Å². The van der Waals surface area contributed by atoms with E-state index in [9.17, 15) is 14.4 Å². The Morgan fingerprint density at radius 3 is 2.60 bits per heavy atom. The third-order valence-corrected chi connectivity index (χ3v) is 4.64. The number of nitrogens with one attached hydrogen (secondary N) is 1. The van der Waals surface area contributed by atoms with Crippen LogP contribution in [0.5, 0.6) is 0 Å². The number of nitriles is 1. The predicted molar refractivity (Wildman–Crippen MR) is 111 cm³/mol. The van der Waals surface area contributed by atoms with Crippen molar-refractivity contribution in [1.82, 2.24) is 19.5 Å². The Labute approximate surface area is 172 Å². The monoisotopic (exact) mass is 403 g/mol. The third kappa shape index (κ3) is 4.10. The van der Waals surface area contributed by atoms with E-state index >= 15 is 0 Å². The highest BCUT2D eigenvalue weighted by atomic mass is 16.2. The van der Waals surface area contributed by atoms with E-state index in [1.807, 2.05) is 19.1 Å². The van der Waals surface area contributed by atoms with Gasteiger partial charge < -0.3 is 0 Å². The molecule has 0 atom stereocenters. The minimum absolute atomic E-state index is 0.00158. The Balaban J connectivity index is 2.28.